The third kappa shape index (κ3) is 5.33. The lowest BCUT2D eigenvalue weighted by molar-refractivity contribution is 0.0122. The Morgan fingerprint density at radius 2 is 1.96 bits per heavy atom. The first-order valence-electron chi connectivity index (χ1n) is 9.04. The third-order valence-electron chi connectivity index (χ3n) is 4.53. The van der Waals surface area contributed by atoms with E-state index in [1.165, 1.54) is 0 Å². The molecule has 2 aromatic rings. The van der Waals surface area contributed by atoms with Crippen LogP contribution in [0.1, 0.15) is 23.1 Å². The number of anilines is 1. The Hall–Kier alpha value is -2.82. The molecule has 0 bridgehead atoms. The number of carbonyl (C=O) groups is 1. The number of urea groups is 1. The number of rotatable bonds is 6. The first-order valence-corrected chi connectivity index (χ1v) is 9.04. The van der Waals surface area contributed by atoms with Crippen LogP contribution >= 0.6 is 0 Å². The van der Waals surface area contributed by atoms with Crippen LogP contribution in [0.5, 0.6) is 0 Å². The highest BCUT2D eigenvalue weighted by Crippen LogP contribution is 2.23. The molecule has 1 aliphatic heterocycles. The van der Waals surface area contributed by atoms with Crippen molar-refractivity contribution in [2.45, 2.75) is 19.4 Å². The molecule has 2 N–H and O–H groups in total. The van der Waals surface area contributed by atoms with Gasteiger partial charge in [0.05, 0.1) is 31.7 Å². The number of benzene rings is 1. The summed E-state index contributed by atoms with van der Waals surface area (Å²) >= 11 is 0. The van der Waals surface area contributed by atoms with Crippen molar-refractivity contribution in [1.29, 1.82) is 5.26 Å². The molecule has 0 spiro atoms. The van der Waals surface area contributed by atoms with Gasteiger partial charge < -0.3 is 19.8 Å². The second-order valence-electron chi connectivity index (χ2n) is 6.48. The molecule has 2 amide bonds. The van der Waals surface area contributed by atoms with Crippen LogP contribution < -0.4 is 10.6 Å². The van der Waals surface area contributed by atoms with E-state index in [2.05, 4.69) is 21.6 Å². The maximum Gasteiger partial charge on any atom is 0.319 e. The normalized spacial score (nSPS) is 15.7. The van der Waals surface area contributed by atoms with Gasteiger partial charge >= 0.3 is 6.03 Å². The fraction of sp³-hybridized carbons (Fsp3) is 0.400. The quantitative estimate of drug-likeness (QED) is 0.818. The summed E-state index contributed by atoms with van der Waals surface area (Å²) in [6, 6.07) is 12.9. The van der Waals surface area contributed by atoms with Crippen LogP contribution in [0.3, 0.4) is 0 Å². The number of furan rings is 1. The number of amides is 2. The molecule has 1 aromatic heterocycles. The summed E-state index contributed by atoms with van der Waals surface area (Å²) in [6.45, 7) is 5.30. The molecular weight excluding hydrogens is 344 g/mol. The lowest BCUT2D eigenvalue weighted by atomic mass is 10.1. The van der Waals surface area contributed by atoms with Crippen LogP contribution in [0.2, 0.25) is 0 Å². The van der Waals surface area contributed by atoms with E-state index in [0.717, 1.165) is 30.2 Å². The molecule has 7 heteroatoms. The van der Waals surface area contributed by atoms with Gasteiger partial charge in [0.15, 0.2) is 0 Å². The number of ether oxygens (including phenoxy) is 1. The highest BCUT2D eigenvalue weighted by molar-refractivity contribution is 5.89. The molecule has 0 unspecified atom stereocenters. The summed E-state index contributed by atoms with van der Waals surface area (Å²) in [5, 5.41) is 14.5. The van der Waals surface area contributed by atoms with Gasteiger partial charge in [0.2, 0.25) is 0 Å². The Kier molecular flexibility index (Phi) is 6.47. The van der Waals surface area contributed by atoms with E-state index in [9.17, 15) is 4.79 Å². The SMILES string of the molecule is Cc1ccc([C@H](CNC(=O)Nc2ccc(CC#N)cc2)N2CCOCC2)o1. The van der Waals surface area contributed by atoms with Gasteiger partial charge in [-0.3, -0.25) is 4.90 Å². The lowest BCUT2D eigenvalue weighted by Gasteiger charge is -2.33. The van der Waals surface area contributed by atoms with Crippen molar-refractivity contribution in [3.05, 3.63) is 53.5 Å². The van der Waals surface area contributed by atoms with Gasteiger partial charge in [-0.1, -0.05) is 12.1 Å². The average molecular weight is 368 g/mol. The number of nitriles is 1. The van der Waals surface area contributed by atoms with Crippen molar-refractivity contribution in [3.63, 3.8) is 0 Å². The highest BCUT2D eigenvalue weighted by Gasteiger charge is 2.25. The highest BCUT2D eigenvalue weighted by atomic mass is 16.5. The topological polar surface area (TPSA) is 90.5 Å². The van der Waals surface area contributed by atoms with Crippen molar-refractivity contribution in [2.24, 2.45) is 0 Å². The molecule has 0 saturated carbocycles. The molecule has 1 atom stereocenters. The Labute approximate surface area is 158 Å². The Morgan fingerprint density at radius 1 is 1.22 bits per heavy atom. The number of hydrogen-bond acceptors (Lipinski definition) is 5. The predicted octanol–water partition coefficient (Wildman–Crippen LogP) is 2.85. The standard InChI is InChI=1S/C20H24N4O3/c1-15-2-7-19(27-15)18(24-10-12-26-13-11-24)14-22-20(25)23-17-5-3-16(4-6-17)8-9-21/h2-7,18H,8,10-14H2,1H3,(H2,22,23,25)/t18-/m0/s1. The molecule has 0 aliphatic carbocycles. The van der Waals surface area contributed by atoms with Crippen LogP contribution in [-0.4, -0.2) is 43.8 Å². The smallest absolute Gasteiger partial charge is 0.319 e. The minimum Gasteiger partial charge on any atom is -0.465 e. The minimum absolute atomic E-state index is 0.0358. The molecule has 1 fully saturated rings. The third-order valence-corrected chi connectivity index (χ3v) is 4.53. The van der Waals surface area contributed by atoms with Crippen molar-refractivity contribution in [1.82, 2.24) is 10.2 Å². The van der Waals surface area contributed by atoms with Crippen LogP contribution in [0.15, 0.2) is 40.8 Å². The first kappa shape index (κ1) is 19.0. The zero-order valence-electron chi connectivity index (χ0n) is 15.4. The largest absolute Gasteiger partial charge is 0.465 e. The fourth-order valence-electron chi connectivity index (χ4n) is 3.09. The van der Waals surface area contributed by atoms with Gasteiger partial charge in [-0.05, 0) is 36.8 Å². The fourth-order valence-corrected chi connectivity index (χ4v) is 3.09. The second kappa shape index (κ2) is 9.21. The van der Waals surface area contributed by atoms with Crippen molar-refractivity contribution in [3.8, 4) is 6.07 Å². The Bertz CT molecular complexity index is 788. The van der Waals surface area contributed by atoms with Crippen molar-refractivity contribution in [2.75, 3.05) is 38.2 Å². The van der Waals surface area contributed by atoms with Gasteiger partial charge in [0.1, 0.15) is 11.5 Å². The summed E-state index contributed by atoms with van der Waals surface area (Å²) in [7, 11) is 0. The average Bonchev–Trinajstić information content (AvgIpc) is 3.11. The summed E-state index contributed by atoms with van der Waals surface area (Å²) in [5.74, 6) is 1.70. The van der Waals surface area contributed by atoms with Crippen molar-refractivity contribution < 1.29 is 13.9 Å². The Morgan fingerprint density at radius 3 is 2.59 bits per heavy atom. The van der Waals surface area contributed by atoms with Gasteiger partial charge in [-0.25, -0.2) is 4.79 Å². The molecule has 7 nitrogen and oxygen atoms in total. The van der Waals surface area contributed by atoms with E-state index in [-0.39, 0.29) is 12.1 Å². The first-order chi connectivity index (χ1) is 13.2. The molecule has 1 saturated heterocycles. The van der Waals surface area contributed by atoms with E-state index in [1.54, 1.807) is 12.1 Å². The number of nitrogens with one attached hydrogen (secondary N) is 2. The second-order valence-corrected chi connectivity index (χ2v) is 6.48. The van der Waals surface area contributed by atoms with Crippen LogP contribution in [0.25, 0.3) is 0 Å². The molecule has 0 radical (unpaired) electrons. The molecular formula is C20H24N4O3. The summed E-state index contributed by atoms with van der Waals surface area (Å²) in [5.41, 5.74) is 1.61. The van der Waals surface area contributed by atoms with Gasteiger partial charge in [-0.2, -0.15) is 5.26 Å². The Balaban J connectivity index is 1.59. The lowest BCUT2D eigenvalue weighted by Crippen LogP contribution is -2.44. The molecule has 1 aliphatic rings. The predicted molar refractivity (Wildman–Crippen MR) is 101 cm³/mol. The maximum absolute atomic E-state index is 12.3. The van der Waals surface area contributed by atoms with E-state index in [4.69, 9.17) is 14.4 Å². The van der Waals surface area contributed by atoms with Crippen LogP contribution in [0.4, 0.5) is 10.5 Å². The van der Waals surface area contributed by atoms with E-state index in [0.29, 0.717) is 31.9 Å². The number of nitrogens with zero attached hydrogens (tertiary/aromatic N) is 2. The zero-order chi connectivity index (χ0) is 19.1. The zero-order valence-corrected chi connectivity index (χ0v) is 15.4. The summed E-state index contributed by atoms with van der Waals surface area (Å²) in [6.07, 6.45) is 0.357. The molecule has 1 aromatic carbocycles. The van der Waals surface area contributed by atoms with E-state index < -0.39 is 0 Å². The monoisotopic (exact) mass is 368 g/mol. The van der Waals surface area contributed by atoms with E-state index in [1.807, 2.05) is 31.2 Å². The molecule has 142 valence electrons. The maximum atomic E-state index is 12.3. The van der Waals surface area contributed by atoms with Crippen LogP contribution in [0, 0.1) is 18.3 Å². The van der Waals surface area contributed by atoms with Gasteiger partial charge in [-0.15, -0.1) is 0 Å². The number of aryl methyl sites for hydroxylation is 1. The van der Waals surface area contributed by atoms with Crippen molar-refractivity contribution >= 4 is 11.7 Å². The minimum atomic E-state index is -0.274. The molecule has 2 heterocycles. The summed E-state index contributed by atoms with van der Waals surface area (Å²) < 4.78 is 11.2. The number of hydrogen-bond donors (Lipinski definition) is 2. The number of morpholine rings is 1. The van der Waals surface area contributed by atoms with E-state index >= 15 is 0 Å². The van der Waals surface area contributed by atoms with Gasteiger partial charge in [0, 0.05) is 25.3 Å². The summed E-state index contributed by atoms with van der Waals surface area (Å²) in [4.78, 5) is 14.6. The molecule has 27 heavy (non-hydrogen) atoms. The van der Waals surface area contributed by atoms with Crippen LogP contribution in [-0.2, 0) is 11.2 Å². The molecule has 3 rings (SSSR count). The number of carbonyl (C=O) groups excluding carboxylic acids is 1. The van der Waals surface area contributed by atoms with Gasteiger partial charge in [0.25, 0.3) is 0 Å².